The van der Waals surface area contributed by atoms with Gasteiger partial charge >= 0.3 is 0 Å². The molecule has 0 saturated carbocycles. The van der Waals surface area contributed by atoms with Gasteiger partial charge in [0, 0.05) is 72.5 Å². The first kappa shape index (κ1) is 54.2. The van der Waals surface area contributed by atoms with Gasteiger partial charge in [0.05, 0.1) is 5.41 Å². The maximum Gasteiger partial charge on any atom is 0.135 e. The Morgan fingerprint density at radius 2 is 1.07 bits per heavy atom. The molecule has 15 rings (SSSR count). The van der Waals surface area contributed by atoms with Crippen LogP contribution >= 0.6 is 0 Å². The van der Waals surface area contributed by atoms with Crippen LogP contribution in [0, 0.1) is 18.8 Å². The minimum absolute atomic E-state index is 0. The Labute approximate surface area is 514 Å². The van der Waals surface area contributed by atoms with E-state index >= 15 is 0 Å². The molecule has 0 radical (unpaired) electrons. The summed E-state index contributed by atoms with van der Waals surface area (Å²) in [5, 5.41) is 2.20. The molecule has 5 nitrogen and oxygen atoms in total. The molecular weight excluding hydrogens is 1220 g/mol. The molecule has 2 aromatic heterocycles. The van der Waals surface area contributed by atoms with E-state index < -0.39 is 5.41 Å². The van der Waals surface area contributed by atoms with E-state index in [9.17, 15) is 0 Å². The Hall–Kier alpha value is -8.76. The van der Waals surface area contributed by atoms with Crippen molar-refractivity contribution < 1.29 is 25.8 Å². The first-order chi connectivity index (χ1) is 40.8. The maximum absolute atomic E-state index is 7.46. The number of ether oxygens (including phenoxy) is 1. The molecule has 2 aliphatic carbocycles. The number of benzene rings is 10. The van der Waals surface area contributed by atoms with Crippen molar-refractivity contribution in [2.75, 3.05) is 9.80 Å². The maximum atomic E-state index is 7.46. The van der Waals surface area contributed by atoms with Crippen LogP contribution in [-0.2, 0) is 42.7 Å². The van der Waals surface area contributed by atoms with E-state index in [1.54, 1.807) is 0 Å². The summed E-state index contributed by atoms with van der Waals surface area (Å²) in [6.07, 6.45) is 4.03. The van der Waals surface area contributed by atoms with Gasteiger partial charge in [-0.25, -0.2) is 4.98 Å². The fourth-order valence-corrected chi connectivity index (χ4v) is 14.1. The van der Waals surface area contributed by atoms with Gasteiger partial charge in [-0.05, 0) is 115 Å². The third-order valence-electron chi connectivity index (χ3n) is 18.4. The average Bonchev–Trinajstić information content (AvgIpc) is 1.77. The number of fused-ring (bicyclic) bond motifs is 8. The van der Waals surface area contributed by atoms with Crippen LogP contribution in [0.25, 0.3) is 61.0 Å². The smallest absolute Gasteiger partial charge is 0.135 e. The van der Waals surface area contributed by atoms with Gasteiger partial charge in [0.2, 0.25) is 0 Å². The van der Waals surface area contributed by atoms with Crippen LogP contribution in [-0.4, -0.2) is 9.55 Å². The molecule has 6 heteroatoms. The molecule has 1 aliphatic heterocycles. The zero-order valence-electron chi connectivity index (χ0n) is 49.0. The SMILES string of the molecule is CC(C)(C)c1cc(-c2ccccc2)c(N2[CH-]N(c3[c-]c(Oc4[c-]c5c(cc4)c4ccccc4n5-c4cc(C5(c6ccccc6)c6ccccc6-c6ccccc65)ccn4)c4c(c3)C(C)(C)CCC4(C)C)c3ccccc32)c(-c2ccccc2)c1.[Pt]. The van der Waals surface area contributed by atoms with Crippen LogP contribution in [0.4, 0.5) is 22.7 Å². The molecule has 12 aromatic rings. The van der Waals surface area contributed by atoms with Crippen LogP contribution in [0.5, 0.6) is 11.5 Å². The fourth-order valence-electron chi connectivity index (χ4n) is 14.1. The quantitative estimate of drug-likeness (QED) is 0.135. The van der Waals surface area contributed by atoms with E-state index in [4.69, 9.17) is 9.72 Å². The standard InChI is InChI=1S/C79H65N4O.Pt/c1-76(2,3)56-45-63(52-25-11-8-12-26-52)75(64(46-56)53-27-13-9-14-28-53)82-51-81(69-37-23-24-38-70(69)82)57-48-67-74(78(6,7)43-42-77(67,4)5)72(49-57)84-58-39-40-62-61-33-19-22-36-68(61)83(71(62)50-58)73-47-55(41-44-80-73)79(54-29-15-10-16-30-54)65-34-20-17-31-59(65)60-32-18-21-35-66(60)79;/h8-41,44-48,51H,42-43H2,1-7H3;/q-3;. The number of nitrogens with zero attached hydrogens (tertiary/aromatic N) is 4. The van der Waals surface area contributed by atoms with E-state index in [0.717, 1.165) is 85.7 Å². The molecule has 0 unspecified atom stereocenters. The Morgan fingerprint density at radius 1 is 0.506 bits per heavy atom. The Balaban J connectivity index is 0.00000640. The van der Waals surface area contributed by atoms with E-state index in [2.05, 4.69) is 312 Å². The minimum Gasteiger partial charge on any atom is -0.509 e. The molecule has 0 bridgehead atoms. The number of para-hydroxylation sites is 3. The minimum atomic E-state index is -0.584. The van der Waals surface area contributed by atoms with Crippen molar-refractivity contribution in [3.05, 3.63) is 294 Å². The zero-order valence-corrected chi connectivity index (χ0v) is 51.3. The Kier molecular flexibility index (Phi) is 13.1. The van der Waals surface area contributed by atoms with Gasteiger partial charge in [0.15, 0.2) is 0 Å². The van der Waals surface area contributed by atoms with Gasteiger partial charge in [0.25, 0.3) is 0 Å². The van der Waals surface area contributed by atoms with Crippen molar-refractivity contribution in [1.82, 2.24) is 9.55 Å². The largest absolute Gasteiger partial charge is 0.509 e. The van der Waals surface area contributed by atoms with Crippen LogP contribution in [0.1, 0.15) is 100 Å². The number of anilines is 4. The van der Waals surface area contributed by atoms with Crippen molar-refractivity contribution in [1.29, 1.82) is 0 Å². The van der Waals surface area contributed by atoms with Crippen LogP contribution in [0.3, 0.4) is 0 Å². The second-order valence-electron chi connectivity index (χ2n) is 25.4. The van der Waals surface area contributed by atoms with E-state index in [1.807, 2.05) is 6.20 Å². The molecule has 0 spiro atoms. The van der Waals surface area contributed by atoms with Gasteiger partial charge < -0.3 is 19.1 Å². The van der Waals surface area contributed by atoms with Crippen molar-refractivity contribution >= 4 is 44.6 Å². The molecule has 0 saturated heterocycles. The normalized spacial score (nSPS) is 15.2. The van der Waals surface area contributed by atoms with Crippen molar-refractivity contribution in [2.24, 2.45) is 0 Å². The topological polar surface area (TPSA) is 33.5 Å². The summed E-state index contributed by atoms with van der Waals surface area (Å²) in [5.74, 6) is 2.14. The van der Waals surface area contributed by atoms with E-state index in [0.29, 0.717) is 5.75 Å². The summed E-state index contributed by atoms with van der Waals surface area (Å²) in [6.45, 7) is 18.7. The summed E-state index contributed by atoms with van der Waals surface area (Å²) in [7, 11) is 0. The zero-order chi connectivity index (χ0) is 57.1. The first-order valence-corrected chi connectivity index (χ1v) is 29.6. The van der Waals surface area contributed by atoms with E-state index in [-0.39, 0.29) is 37.3 Å². The molecule has 85 heavy (non-hydrogen) atoms. The second kappa shape index (κ2) is 20.5. The summed E-state index contributed by atoms with van der Waals surface area (Å²) in [5.41, 5.74) is 20.9. The Bertz CT molecular complexity index is 4450. The number of aromatic nitrogens is 2. The summed E-state index contributed by atoms with van der Waals surface area (Å²) >= 11 is 0. The number of rotatable bonds is 9. The van der Waals surface area contributed by atoms with Crippen molar-refractivity contribution in [3.63, 3.8) is 0 Å². The first-order valence-electron chi connectivity index (χ1n) is 29.6. The van der Waals surface area contributed by atoms with Gasteiger partial charge in [-0.15, -0.1) is 53.1 Å². The van der Waals surface area contributed by atoms with Crippen LogP contribution in [0.15, 0.2) is 237 Å². The van der Waals surface area contributed by atoms with Gasteiger partial charge in [-0.3, -0.25) is 0 Å². The fraction of sp³-hybridized carbons (Fsp3) is 0.165. The Morgan fingerprint density at radius 3 is 1.72 bits per heavy atom. The summed E-state index contributed by atoms with van der Waals surface area (Å²) < 4.78 is 9.74. The van der Waals surface area contributed by atoms with E-state index in [1.165, 1.54) is 55.6 Å². The molecule has 0 amide bonds. The molecule has 0 N–H and O–H groups in total. The van der Waals surface area contributed by atoms with Crippen molar-refractivity contribution in [2.45, 2.75) is 83.0 Å². The predicted molar refractivity (Wildman–Crippen MR) is 346 cm³/mol. The molecule has 0 fully saturated rings. The van der Waals surface area contributed by atoms with Gasteiger partial charge in [-0.1, -0.05) is 236 Å². The van der Waals surface area contributed by atoms with Crippen LogP contribution < -0.4 is 14.5 Å². The number of pyridine rings is 1. The molecule has 3 aliphatic rings. The van der Waals surface area contributed by atoms with Crippen LogP contribution in [0.2, 0.25) is 0 Å². The van der Waals surface area contributed by atoms with Gasteiger partial charge in [-0.2, -0.15) is 6.07 Å². The summed E-state index contributed by atoms with van der Waals surface area (Å²) in [4.78, 5) is 9.98. The third-order valence-corrected chi connectivity index (χ3v) is 18.4. The summed E-state index contributed by atoms with van der Waals surface area (Å²) in [6, 6.07) is 91.8. The monoisotopic (exact) mass is 1280 g/mol. The van der Waals surface area contributed by atoms with Gasteiger partial charge in [0.1, 0.15) is 5.82 Å². The molecule has 0 atom stereocenters. The third kappa shape index (κ3) is 8.71. The number of hydrogen-bond acceptors (Lipinski definition) is 4. The van der Waals surface area contributed by atoms with Crippen molar-refractivity contribution in [3.8, 4) is 50.7 Å². The molecule has 420 valence electrons. The second-order valence-corrected chi connectivity index (χ2v) is 25.4. The predicted octanol–water partition coefficient (Wildman–Crippen LogP) is 20.3. The average molecular weight is 1280 g/mol. The number of hydrogen-bond donors (Lipinski definition) is 0. The molecular formula is C79H65N4OPt-3. The molecule has 10 aromatic carbocycles. The molecule has 3 heterocycles.